The lowest BCUT2D eigenvalue weighted by Gasteiger charge is -2.07. The van der Waals surface area contributed by atoms with E-state index < -0.39 is 5.82 Å². The monoisotopic (exact) mass is 264 g/mol. The van der Waals surface area contributed by atoms with Gasteiger partial charge in [-0.2, -0.15) is 4.98 Å². The highest BCUT2D eigenvalue weighted by atomic mass is 19.1. The van der Waals surface area contributed by atoms with Crippen molar-refractivity contribution in [2.75, 3.05) is 24.2 Å². The number of rotatable bonds is 5. The highest BCUT2D eigenvalue weighted by Gasteiger charge is 2.05. The standard InChI is InChI=1S/C13H14F2N4/c1-16-13-18-8-11(15)12(19-13)17-7-6-9-2-4-10(14)5-3-9/h2-5,8H,6-7H2,1H3,(H2,16,17,18,19). The van der Waals surface area contributed by atoms with Crippen LogP contribution in [0.2, 0.25) is 0 Å². The van der Waals surface area contributed by atoms with Gasteiger partial charge in [-0.15, -0.1) is 0 Å². The number of benzene rings is 1. The van der Waals surface area contributed by atoms with Crippen molar-refractivity contribution in [3.8, 4) is 0 Å². The number of nitrogens with zero attached hydrogens (tertiary/aromatic N) is 2. The van der Waals surface area contributed by atoms with Crippen LogP contribution in [0.4, 0.5) is 20.5 Å². The van der Waals surface area contributed by atoms with Gasteiger partial charge in [0, 0.05) is 13.6 Å². The molecule has 0 bridgehead atoms. The van der Waals surface area contributed by atoms with Crippen LogP contribution in [-0.4, -0.2) is 23.6 Å². The fourth-order valence-corrected chi connectivity index (χ4v) is 1.59. The van der Waals surface area contributed by atoms with E-state index in [1.807, 2.05) is 0 Å². The highest BCUT2D eigenvalue weighted by Crippen LogP contribution is 2.11. The summed E-state index contributed by atoms with van der Waals surface area (Å²) in [6.07, 6.45) is 1.76. The van der Waals surface area contributed by atoms with Crippen LogP contribution >= 0.6 is 0 Å². The Morgan fingerprint density at radius 2 is 1.89 bits per heavy atom. The Hall–Kier alpha value is -2.24. The molecule has 2 N–H and O–H groups in total. The van der Waals surface area contributed by atoms with Gasteiger partial charge in [-0.1, -0.05) is 12.1 Å². The Morgan fingerprint density at radius 1 is 1.16 bits per heavy atom. The van der Waals surface area contributed by atoms with Crippen molar-refractivity contribution in [3.05, 3.63) is 47.7 Å². The van der Waals surface area contributed by atoms with Gasteiger partial charge in [-0.25, -0.2) is 13.8 Å². The highest BCUT2D eigenvalue weighted by molar-refractivity contribution is 5.40. The molecule has 1 heterocycles. The molecule has 0 saturated carbocycles. The van der Waals surface area contributed by atoms with Crippen molar-refractivity contribution >= 4 is 11.8 Å². The molecule has 0 fully saturated rings. The second kappa shape index (κ2) is 6.08. The maximum atomic E-state index is 13.4. The van der Waals surface area contributed by atoms with Crippen LogP contribution < -0.4 is 10.6 Å². The minimum Gasteiger partial charge on any atom is -0.367 e. The summed E-state index contributed by atoms with van der Waals surface area (Å²) in [6, 6.07) is 6.21. The molecule has 19 heavy (non-hydrogen) atoms. The first-order valence-electron chi connectivity index (χ1n) is 5.87. The molecule has 0 saturated heterocycles. The molecule has 0 radical (unpaired) electrons. The van der Waals surface area contributed by atoms with Crippen molar-refractivity contribution in [1.82, 2.24) is 9.97 Å². The average Bonchev–Trinajstić information content (AvgIpc) is 2.43. The first kappa shape index (κ1) is 13.2. The van der Waals surface area contributed by atoms with Crippen LogP contribution in [0, 0.1) is 11.6 Å². The van der Waals surface area contributed by atoms with Crippen molar-refractivity contribution in [2.45, 2.75) is 6.42 Å². The van der Waals surface area contributed by atoms with E-state index in [1.165, 1.54) is 12.1 Å². The summed E-state index contributed by atoms with van der Waals surface area (Å²) in [6.45, 7) is 0.503. The summed E-state index contributed by atoms with van der Waals surface area (Å²) in [5.41, 5.74) is 0.970. The number of hydrogen-bond acceptors (Lipinski definition) is 4. The Balaban J connectivity index is 1.93. The summed E-state index contributed by atoms with van der Waals surface area (Å²) >= 11 is 0. The van der Waals surface area contributed by atoms with Gasteiger partial charge in [-0.05, 0) is 24.1 Å². The van der Waals surface area contributed by atoms with Crippen LogP contribution in [0.25, 0.3) is 0 Å². The average molecular weight is 264 g/mol. The Kier molecular flexibility index (Phi) is 4.22. The van der Waals surface area contributed by atoms with Crippen molar-refractivity contribution in [3.63, 3.8) is 0 Å². The molecular weight excluding hydrogens is 250 g/mol. The minimum absolute atomic E-state index is 0.154. The third-order valence-electron chi connectivity index (χ3n) is 2.59. The molecule has 6 heteroatoms. The minimum atomic E-state index is -0.502. The van der Waals surface area contributed by atoms with Gasteiger partial charge in [0.2, 0.25) is 5.95 Å². The molecule has 0 amide bonds. The lowest BCUT2D eigenvalue weighted by molar-refractivity contribution is 0.617. The zero-order chi connectivity index (χ0) is 13.7. The topological polar surface area (TPSA) is 49.8 Å². The molecule has 0 atom stereocenters. The van der Waals surface area contributed by atoms with E-state index in [9.17, 15) is 8.78 Å². The van der Waals surface area contributed by atoms with E-state index >= 15 is 0 Å². The molecule has 4 nitrogen and oxygen atoms in total. The van der Waals surface area contributed by atoms with Crippen molar-refractivity contribution in [1.29, 1.82) is 0 Å². The number of halogens is 2. The Bertz CT molecular complexity index is 543. The lowest BCUT2D eigenvalue weighted by Crippen LogP contribution is -2.10. The van der Waals surface area contributed by atoms with Crippen LogP contribution in [-0.2, 0) is 6.42 Å². The first-order chi connectivity index (χ1) is 9.19. The predicted molar refractivity (Wildman–Crippen MR) is 70.1 cm³/mol. The fraction of sp³-hybridized carbons (Fsp3) is 0.231. The largest absolute Gasteiger partial charge is 0.367 e. The number of hydrogen-bond donors (Lipinski definition) is 2. The van der Waals surface area contributed by atoms with E-state index in [1.54, 1.807) is 19.2 Å². The summed E-state index contributed by atoms with van der Waals surface area (Å²) in [4.78, 5) is 7.72. The predicted octanol–water partition coefficient (Wildman–Crippen LogP) is 2.45. The van der Waals surface area contributed by atoms with Gasteiger partial charge < -0.3 is 10.6 Å². The van der Waals surface area contributed by atoms with Crippen LogP contribution in [0.15, 0.2) is 30.5 Å². The third kappa shape index (κ3) is 3.61. The van der Waals surface area contributed by atoms with Gasteiger partial charge >= 0.3 is 0 Å². The van der Waals surface area contributed by atoms with Gasteiger partial charge in [0.15, 0.2) is 11.6 Å². The van der Waals surface area contributed by atoms with Gasteiger partial charge in [0.05, 0.1) is 6.20 Å². The molecule has 1 aromatic carbocycles. The molecule has 0 aliphatic rings. The normalized spacial score (nSPS) is 10.3. The SMILES string of the molecule is CNc1ncc(F)c(NCCc2ccc(F)cc2)n1. The summed E-state index contributed by atoms with van der Waals surface area (Å²) in [5.74, 6) is -0.262. The van der Waals surface area contributed by atoms with Crippen LogP contribution in [0.3, 0.4) is 0 Å². The molecule has 2 aromatic rings. The Morgan fingerprint density at radius 3 is 2.58 bits per heavy atom. The first-order valence-corrected chi connectivity index (χ1v) is 5.87. The Labute approximate surface area is 109 Å². The van der Waals surface area contributed by atoms with Crippen LogP contribution in [0.5, 0.6) is 0 Å². The van der Waals surface area contributed by atoms with E-state index in [0.717, 1.165) is 11.8 Å². The van der Waals surface area contributed by atoms with E-state index in [-0.39, 0.29) is 11.6 Å². The van der Waals surface area contributed by atoms with Crippen LogP contribution in [0.1, 0.15) is 5.56 Å². The third-order valence-corrected chi connectivity index (χ3v) is 2.59. The second-order valence-corrected chi connectivity index (χ2v) is 3.94. The molecule has 0 aliphatic heterocycles. The fourth-order valence-electron chi connectivity index (χ4n) is 1.59. The van der Waals surface area contributed by atoms with Gasteiger partial charge in [0.25, 0.3) is 0 Å². The lowest BCUT2D eigenvalue weighted by atomic mass is 10.1. The molecule has 0 spiro atoms. The maximum absolute atomic E-state index is 13.4. The molecular formula is C13H14F2N4. The van der Waals surface area contributed by atoms with E-state index in [4.69, 9.17) is 0 Å². The zero-order valence-electron chi connectivity index (χ0n) is 10.5. The number of aromatic nitrogens is 2. The zero-order valence-corrected chi connectivity index (χ0v) is 10.5. The summed E-state index contributed by atoms with van der Waals surface area (Å²) in [5, 5.41) is 5.63. The number of nitrogens with one attached hydrogen (secondary N) is 2. The molecule has 100 valence electrons. The van der Waals surface area contributed by atoms with Crippen molar-refractivity contribution < 1.29 is 8.78 Å². The summed E-state index contributed by atoms with van der Waals surface area (Å²) < 4.78 is 26.1. The maximum Gasteiger partial charge on any atom is 0.224 e. The number of anilines is 2. The molecule has 2 rings (SSSR count). The van der Waals surface area contributed by atoms with E-state index in [2.05, 4.69) is 20.6 Å². The molecule has 0 aliphatic carbocycles. The van der Waals surface area contributed by atoms with Crippen molar-refractivity contribution in [2.24, 2.45) is 0 Å². The van der Waals surface area contributed by atoms with E-state index in [0.29, 0.717) is 18.9 Å². The van der Waals surface area contributed by atoms with Gasteiger partial charge in [0.1, 0.15) is 5.82 Å². The molecule has 0 unspecified atom stereocenters. The van der Waals surface area contributed by atoms with Gasteiger partial charge in [-0.3, -0.25) is 0 Å². The second-order valence-electron chi connectivity index (χ2n) is 3.94. The summed E-state index contributed by atoms with van der Waals surface area (Å²) in [7, 11) is 1.66. The smallest absolute Gasteiger partial charge is 0.224 e. The molecule has 1 aromatic heterocycles. The quantitative estimate of drug-likeness (QED) is 0.871.